The maximum Gasteiger partial charge on any atom is 0.415 e. The third-order valence-electron chi connectivity index (χ3n) is 5.34. The van der Waals surface area contributed by atoms with Crippen LogP contribution in [0.3, 0.4) is 0 Å². The van der Waals surface area contributed by atoms with Gasteiger partial charge in [0.15, 0.2) is 5.75 Å². The van der Waals surface area contributed by atoms with E-state index in [2.05, 4.69) is 20.7 Å². The van der Waals surface area contributed by atoms with E-state index in [4.69, 9.17) is 4.74 Å². The van der Waals surface area contributed by atoms with Gasteiger partial charge in [0.25, 0.3) is 0 Å². The van der Waals surface area contributed by atoms with Crippen LogP contribution in [-0.2, 0) is 0 Å². The molecule has 1 amide bonds. The number of aryl methyl sites for hydroxylation is 1. The van der Waals surface area contributed by atoms with Crippen molar-refractivity contribution in [3.05, 3.63) is 71.6 Å². The molecule has 3 heterocycles. The number of allylic oxidation sites excluding steroid dienone is 1. The molecular formula is C23H23FN4O2. The van der Waals surface area contributed by atoms with Gasteiger partial charge in [-0.3, -0.25) is 4.98 Å². The summed E-state index contributed by atoms with van der Waals surface area (Å²) in [7, 11) is 0. The van der Waals surface area contributed by atoms with Crippen molar-refractivity contribution >= 4 is 17.7 Å². The van der Waals surface area contributed by atoms with Crippen molar-refractivity contribution in [2.75, 3.05) is 13.1 Å². The van der Waals surface area contributed by atoms with Crippen molar-refractivity contribution in [2.24, 2.45) is 4.99 Å². The first kappa shape index (κ1) is 19.9. The molecule has 1 fully saturated rings. The maximum atomic E-state index is 14.2. The van der Waals surface area contributed by atoms with Crippen LogP contribution in [0.2, 0.25) is 0 Å². The van der Waals surface area contributed by atoms with E-state index in [1.165, 1.54) is 6.07 Å². The molecule has 0 aliphatic carbocycles. The Hall–Kier alpha value is -3.44. The summed E-state index contributed by atoms with van der Waals surface area (Å²) >= 11 is 0. The normalized spacial score (nSPS) is 16.9. The molecule has 0 radical (unpaired) electrons. The monoisotopic (exact) mass is 406 g/mol. The van der Waals surface area contributed by atoms with Gasteiger partial charge in [-0.25, -0.2) is 14.2 Å². The largest absolute Gasteiger partial charge is 0.415 e. The van der Waals surface area contributed by atoms with Crippen LogP contribution in [0.5, 0.6) is 5.75 Å². The number of nitrogens with zero attached hydrogens (tertiary/aromatic N) is 4. The lowest BCUT2D eigenvalue weighted by atomic mass is 10.0. The smallest absolute Gasteiger partial charge is 0.409 e. The molecule has 0 bridgehead atoms. The molecule has 1 aromatic heterocycles. The molecule has 0 spiro atoms. The summed E-state index contributed by atoms with van der Waals surface area (Å²) in [5, 5.41) is 0. The van der Waals surface area contributed by atoms with Crippen LogP contribution in [0.15, 0.2) is 59.5 Å². The number of hydrogen-bond donors (Lipinski definition) is 0. The van der Waals surface area contributed by atoms with E-state index in [1.807, 2.05) is 20.0 Å². The van der Waals surface area contributed by atoms with Crippen molar-refractivity contribution in [1.29, 1.82) is 0 Å². The minimum Gasteiger partial charge on any atom is -0.409 e. The first-order valence-electron chi connectivity index (χ1n) is 9.96. The van der Waals surface area contributed by atoms with Crippen LogP contribution in [-0.4, -0.2) is 45.9 Å². The molecule has 1 saturated heterocycles. The molecule has 154 valence electrons. The quantitative estimate of drug-likeness (QED) is 0.759. The minimum atomic E-state index is -0.367. The van der Waals surface area contributed by atoms with E-state index in [9.17, 15) is 9.18 Å². The maximum absolute atomic E-state index is 14.2. The van der Waals surface area contributed by atoms with Gasteiger partial charge < -0.3 is 14.5 Å². The molecule has 2 aliphatic heterocycles. The van der Waals surface area contributed by atoms with Crippen LogP contribution in [0, 0.1) is 12.7 Å². The molecule has 1 aromatic carbocycles. The average molecular weight is 406 g/mol. The topological polar surface area (TPSA) is 58.0 Å². The zero-order valence-corrected chi connectivity index (χ0v) is 17.0. The van der Waals surface area contributed by atoms with Crippen LogP contribution in [0.1, 0.15) is 31.0 Å². The van der Waals surface area contributed by atoms with E-state index in [-0.39, 0.29) is 18.0 Å². The number of carbonyl (C=O) groups is 1. The fraction of sp³-hybridized carbons (Fsp3) is 0.304. The molecular weight excluding hydrogens is 383 g/mol. The van der Waals surface area contributed by atoms with Crippen molar-refractivity contribution in [3.8, 4) is 5.75 Å². The van der Waals surface area contributed by atoms with E-state index in [1.54, 1.807) is 41.4 Å². The second kappa shape index (κ2) is 8.51. The standard InChI is InChI=1S/C23H23FN4O2/c1-16-7-8-19(14-25-16)30-23(29)27-11-9-18(10-12-27)28-15-22(26-13-17(28)2)20-5-3-4-6-21(20)24/h3-8,14-15,18H,9-12H2,1-2H3. The van der Waals surface area contributed by atoms with Crippen molar-refractivity contribution in [2.45, 2.75) is 32.7 Å². The summed E-state index contributed by atoms with van der Waals surface area (Å²) in [5.74, 6) is 3.13. The number of aliphatic imine (C=N–C) groups is 1. The van der Waals surface area contributed by atoms with E-state index in [0.717, 1.165) is 24.2 Å². The number of aromatic nitrogens is 1. The van der Waals surface area contributed by atoms with Crippen LogP contribution < -0.4 is 4.74 Å². The number of carbonyl (C=O) groups excluding carboxylic acids is 1. The van der Waals surface area contributed by atoms with Gasteiger partial charge in [-0.2, -0.15) is 0 Å². The predicted octanol–water partition coefficient (Wildman–Crippen LogP) is 4.38. The van der Waals surface area contributed by atoms with Crippen molar-refractivity contribution in [3.63, 3.8) is 0 Å². The van der Waals surface area contributed by atoms with Crippen LogP contribution >= 0.6 is 0 Å². The first-order valence-corrected chi connectivity index (χ1v) is 9.96. The highest BCUT2D eigenvalue weighted by Crippen LogP contribution is 2.28. The van der Waals surface area contributed by atoms with Gasteiger partial charge in [0, 0.05) is 42.5 Å². The second-order valence-electron chi connectivity index (χ2n) is 7.43. The third-order valence-corrected chi connectivity index (χ3v) is 5.34. The predicted molar refractivity (Wildman–Crippen MR) is 112 cm³/mol. The number of rotatable bonds is 3. The molecule has 7 heteroatoms. The number of ether oxygens (including phenoxy) is 1. The van der Waals surface area contributed by atoms with Gasteiger partial charge >= 0.3 is 6.09 Å². The van der Waals surface area contributed by atoms with Gasteiger partial charge in [-0.1, -0.05) is 12.1 Å². The Bertz CT molecular complexity index is 1030. The summed E-state index contributed by atoms with van der Waals surface area (Å²) in [4.78, 5) is 24.7. The molecule has 0 N–H and O–H groups in total. The minimum absolute atomic E-state index is 0.180. The van der Waals surface area contributed by atoms with Crippen molar-refractivity contribution < 1.29 is 13.9 Å². The van der Waals surface area contributed by atoms with Gasteiger partial charge in [-0.05, 0) is 51.0 Å². The highest BCUT2D eigenvalue weighted by Gasteiger charge is 2.29. The lowest BCUT2D eigenvalue weighted by molar-refractivity contribution is 0.124. The number of halogens is 1. The summed E-state index contributed by atoms with van der Waals surface area (Å²) in [6.07, 6.45) is 4.59. The molecule has 0 atom stereocenters. The summed E-state index contributed by atoms with van der Waals surface area (Å²) in [6.45, 7) is 4.96. The molecule has 0 saturated carbocycles. The number of benzene rings is 1. The summed E-state index contributed by atoms with van der Waals surface area (Å²) in [6, 6.07) is 10.3. The Kier molecular flexibility index (Phi) is 5.63. The number of hydrogen-bond acceptors (Lipinski definition) is 5. The number of pyridine rings is 1. The third kappa shape index (κ3) is 4.26. The SMILES string of the molecule is CC1=C=NC(c2ccccc2F)=CN1C1CCN(C(=O)Oc2ccc(C)nc2)CC1. The summed E-state index contributed by atoms with van der Waals surface area (Å²) < 4.78 is 19.6. The van der Waals surface area contributed by atoms with Crippen LogP contribution in [0.25, 0.3) is 5.70 Å². The first-order chi connectivity index (χ1) is 14.5. The lowest BCUT2D eigenvalue weighted by Gasteiger charge is -2.38. The lowest BCUT2D eigenvalue weighted by Crippen LogP contribution is -2.46. The Morgan fingerprint density at radius 3 is 2.63 bits per heavy atom. The Balaban J connectivity index is 1.41. The van der Waals surface area contributed by atoms with Gasteiger partial charge in [0.05, 0.1) is 17.6 Å². The average Bonchev–Trinajstić information content (AvgIpc) is 2.76. The Morgan fingerprint density at radius 2 is 1.93 bits per heavy atom. The van der Waals surface area contributed by atoms with Gasteiger partial charge in [0.2, 0.25) is 0 Å². The second-order valence-corrected chi connectivity index (χ2v) is 7.43. The Labute approximate surface area is 175 Å². The molecule has 2 aromatic rings. The molecule has 0 unspecified atom stereocenters. The van der Waals surface area contributed by atoms with Crippen molar-refractivity contribution in [1.82, 2.24) is 14.8 Å². The summed E-state index contributed by atoms with van der Waals surface area (Å²) in [5.41, 5.74) is 2.75. The molecule has 4 rings (SSSR count). The van der Waals surface area contributed by atoms with E-state index in [0.29, 0.717) is 30.1 Å². The fourth-order valence-corrected chi connectivity index (χ4v) is 3.64. The zero-order chi connectivity index (χ0) is 21.1. The van der Waals surface area contributed by atoms with E-state index < -0.39 is 0 Å². The number of amides is 1. The highest BCUT2D eigenvalue weighted by molar-refractivity contribution is 5.76. The van der Waals surface area contributed by atoms with Gasteiger partial charge in [0.1, 0.15) is 5.82 Å². The van der Waals surface area contributed by atoms with E-state index >= 15 is 0 Å². The Morgan fingerprint density at radius 1 is 1.17 bits per heavy atom. The number of piperidine rings is 1. The van der Waals surface area contributed by atoms with Gasteiger partial charge in [-0.15, -0.1) is 0 Å². The zero-order valence-electron chi connectivity index (χ0n) is 17.0. The molecule has 6 nitrogen and oxygen atoms in total. The fourth-order valence-electron chi connectivity index (χ4n) is 3.64. The molecule has 30 heavy (non-hydrogen) atoms. The number of likely N-dealkylation sites (tertiary alicyclic amines) is 1. The van der Waals surface area contributed by atoms with Crippen LogP contribution in [0.4, 0.5) is 9.18 Å². The highest BCUT2D eigenvalue weighted by atomic mass is 19.1. The molecule has 2 aliphatic rings.